The van der Waals surface area contributed by atoms with E-state index in [-0.39, 0.29) is 0 Å². The van der Waals surface area contributed by atoms with Crippen molar-refractivity contribution >= 4 is 0 Å². The quantitative estimate of drug-likeness (QED) is 0.881. The molecule has 0 saturated carbocycles. The van der Waals surface area contributed by atoms with Gasteiger partial charge in [0.05, 0.1) is 0 Å². The van der Waals surface area contributed by atoms with Crippen LogP contribution in [0.25, 0.3) is 0 Å². The molecular formula is C16H26N2. The Balaban J connectivity index is 1.92. The van der Waals surface area contributed by atoms with E-state index < -0.39 is 0 Å². The van der Waals surface area contributed by atoms with E-state index in [9.17, 15) is 0 Å². The molecule has 1 saturated heterocycles. The lowest BCUT2D eigenvalue weighted by atomic mass is 10.0. The highest BCUT2D eigenvalue weighted by Gasteiger charge is 2.17. The molecule has 0 amide bonds. The van der Waals surface area contributed by atoms with Gasteiger partial charge in [0.1, 0.15) is 0 Å². The summed E-state index contributed by atoms with van der Waals surface area (Å²) in [6.45, 7) is 6.91. The number of hydrogen-bond donors (Lipinski definition) is 1. The maximum atomic E-state index is 3.80. The summed E-state index contributed by atoms with van der Waals surface area (Å²) >= 11 is 0. The van der Waals surface area contributed by atoms with Crippen LogP contribution in [-0.4, -0.2) is 31.1 Å². The molecule has 1 heterocycles. The predicted molar refractivity (Wildman–Crippen MR) is 77.9 cm³/mol. The Bertz CT molecular complexity index is 375. The molecule has 1 aromatic rings. The van der Waals surface area contributed by atoms with Crippen molar-refractivity contribution in [2.75, 3.05) is 20.1 Å². The Morgan fingerprint density at radius 1 is 1.28 bits per heavy atom. The van der Waals surface area contributed by atoms with E-state index in [1.54, 1.807) is 0 Å². The highest BCUT2D eigenvalue weighted by Crippen LogP contribution is 2.18. The van der Waals surface area contributed by atoms with E-state index in [1.807, 2.05) is 0 Å². The van der Waals surface area contributed by atoms with E-state index in [0.29, 0.717) is 12.1 Å². The van der Waals surface area contributed by atoms with Gasteiger partial charge >= 0.3 is 0 Å². The summed E-state index contributed by atoms with van der Waals surface area (Å²) in [4.78, 5) is 2.44. The molecule has 1 aliphatic rings. The molecule has 1 fully saturated rings. The van der Waals surface area contributed by atoms with Crippen molar-refractivity contribution in [3.8, 4) is 0 Å². The Labute approximate surface area is 111 Å². The maximum absolute atomic E-state index is 3.80. The first-order chi connectivity index (χ1) is 8.65. The van der Waals surface area contributed by atoms with Crippen molar-refractivity contribution in [2.24, 2.45) is 0 Å². The number of benzene rings is 1. The third-order valence-corrected chi connectivity index (χ3v) is 3.98. The van der Waals surface area contributed by atoms with Gasteiger partial charge in [-0.05, 0) is 58.8 Å². The van der Waals surface area contributed by atoms with E-state index >= 15 is 0 Å². The van der Waals surface area contributed by atoms with Crippen molar-refractivity contribution in [1.82, 2.24) is 10.2 Å². The van der Waals surface area contributed by atoms with Gasteiger partial charge in [-0.15, -0.1) is 0 Å². The number of aryl methyl sites for hydroxylation is 1. The molecule has 0 bridgehead atoms. The van der Waals surface area contributed by atoms with E-state index in [4.69, 9.17) is 0 Å². The number of nitrogens with one attached hydrogen (secondary N) is 1. The van der Waals surface area contributed by atoms with Gasteiger partial charge in [0.15, 0.2) is 0 Å². The van der Waals surface area contributed by atoms with Gasteiger partial charge in [-0.1, -0.05) is 29.8 Å². The van der Waals surface area contributed by atoms with Gasteiger partial charge in [-0.3, -0.25) is 0 Å². The Morgan fingerprint density at radius 2 is 2.11 bits per heavy atom. The van der Waals surface area contributed by atoms with Crippen LogP contribution in [0.4, 0.5) is 0 Å². The first kappa shape index (κ1) is 13.6. The lowest BCUT2D eigenvalue weighted by Crippen LogP contribution is -2.32. The van der Waals surface area contributed by atoms with Crippen LogP contribution in [-0.2, 0) is 0 Å². The molecule has 0 aliphatic carbocycles. The smallest absolute Gasteiger partial charge is 0.0294 e. The van der Waals surface area contributed by atoms with Gasteiger partial charge in [0.2, 0.25) is 0 Å². The molecule has 0 spiro atoms. The first-order valence-electron chi connectivity index (χ1n) is 7.16. The number of likely N-dealkylation sites (tertiary alicyclic amines) is 1. The topological polar surface area (TPSA) is 15.3 Å². The second kappa shape index (κ2) is 6.35. The van der Waals surface area contributed by atoms with Crippen LogP contribution in [0.5, 0.6) is 0 Å². The van der Waals surface area contributed by atoms with Gasteiger partial charge in [-0.25, -0.2) is 0 Å². The fourth-order valence-electron chi connectivity index (χ4n) is 2.80. The van der Waals surface area contributed by atoms with Crippen molar-refractivity contribution in [3.63, 3.8) is 0 Å². The SMILES string of the molecule is Cc1cccc([C@H](C)NC2CCCN(C)CC2)c1. The lowest BCUT2D eigenvalue weighted by molar-refractivity contribution is 0.340. The number of nitrogens with zero attached hydrogens (tertiary/aromatic N) is 1. The fraction of sp³-hybridized carbons (Fsp3) is 0.625. The molecule has 0 radical (unpaired) electrons. The van der Waals surface area contributed by atoms with Crippen LogP contribution in [0.2, 0.25) is 0 Å². The van der Waals surface area contributed by atoms with Gasteiger partial charge in [-0.2, -0.15) is 0 Å². The van der Waals surface area contributed by atoms with Crippen LogP contribution in [0, 0.1) is 6.92 Å². The number of hydrogen-bond acceptors (Lipinski definition) is 2. The maximum Gasteiger partial charge on any atom is 0.0294 e. The molecule has 100 valence electrons. The van der Waals surface area contributed by atoms with Gasteiger partial charge in [0, 0.05) is 12.1 Å². The summed E-state index contributed by atoms with van der Waals surface area (Å²) in [6, 6.07) is 9.97. The minimum absolute atomic E-state index is 0.457. The van der Waals surface area contributed by atoms with Crippen LogP contribution in [0.15, 0.2) is 24.3 Å². The second-order valence-electron chi connectivity index (χ2n) is 5.73. The molecule has 2 heteroatoms. The standard InChI is InChI=1S/C16H26N2/c1-13-6-4-7-15(12-13)14(2)17-16-8-5-10-18(3)11-9-16/h4,6-7,12,14,16-17H,5,8-11H2,1-3H3/t14-,16?/m0/s1. The van der Waals surface area contributed by atoms with E-state index in [0.717, 1.165) is 0 Å². The van der Waals surface area contributed by atoms with Crippen LogP contribution >= 0.6 is 0 Å². The molecule has 2 nitrogen and oxygen atoms in total. The molecular weight excluding hydrogens is 220 g/mol. The zero-order valence-corrected chi connectivity index (χ0v) is 11.9. The summed E-state index contributed by atoms with van der Waals surface area (Å²) < 4.78 is 0. The highest BCUT2D eigenvalue weighted by molar-refractivity contribution is 5.24. The van der Waals surface area contributed by atoms with Crippen molar-refractivity contribution in [3.05, 3.63) is 35.4 Å². The first-order valence-corrected chi connectivity index (χ1v) is 7.16. The summed E-state index contributed by atoms with van der Waals surface area (Å²) in [6.07, 6.45) is 3.89. The zero-order valence-electron chi connectivity index (χ0n) is 11.9. The normalized spacial score (nSPS) is 23.6. The van der Waals surface area contributed by atoms with Crippen LogP contribution in [0.1, 0.15) is 43.4 Å². The average molecular weight is 246 g/mol. The monoisotopic (exact) mass is 246 g/mol. The fourth-order valence-corrected chi connectivity index (χ4v) is 2.80. The highest BCUT2D eigenvalue weighted by atomic mass is 15.1. The molecule has 1 unspecified atom stereocenters. The summed E-state index contributed by atoms with van der Waals surface area (Å²) in [5.74, 6) is 0. The second-order valence-corrected chi connectivity index (χ2v) is 5.73. The molecule has 2 rings (SSSR count). The lowest BCUT2D eigenvalue weighted by Gasteiger charge is -2.22. The van der Waals surface area contributed by atoms with Crippen molar-refractivity contribution in [1.29, 1.82) is 0 Å². The van der Waals surface area contributed by atoms with Crippen molar-refractivity contribution in [2.45, 2.75) is 45.2 Å². The predicted octanol–water partition coefficient (Wildman–Crippen LogP) is 3.13. The summed E-state index contributed by atoms with van der Waals surface area (Å²) in [5.41, 5.74) is 2.76. The summed E-state index contributed by atoms with van der Waals surface area (Å²) in [7, 11) is 2.23. The van der Waals surface area contributed by atoms with Crippen molar-refractivity contribution < 1.29 is 0 Å². The molecule has 1 N–H and O–H groups in total. The summed E-state index contributed by atoms with van der Waals surface area (Å²) in [5, 5.41) is 3.80. The Kier molecular flexibility index (Phi) is 4.79. The van der Waals surface area contributed by atoms with Crippen LogP contribution in [0.3, 0.4) is 0 Å². The molecule has 1 aliphatic heterocycles. The Morgan fingerprint density at radius 3 is 2.89 bits per heavy atom. The largest absolute Gasteiger partial charge is 0.307 e. The van der Waals surface area contributed by atoms with Gasteiger partial charge < -0.3 is 10.2 Å². The Hall–Kier alpha value is -0.860. The van der Waals surface area contributed by atoms with E-state index in [1.165, 1.54) is 43.5 Å². The number of rotatable bonds is 3. The zero-order chi connectivity index (χ0) is 13.0. The molecule has 2 atom stereocenters. The third kappa shape index (κ3) is 3.82. The molecule has 1 aromatic carbocycles. The minimum atomic E-state index is 0.457. The average Bonchev–Trinajstić information content (AvgIpc) is 2.54. The molecule has 0 aromatic heterocycles. The van der Waals surface area contributed by atoms with E-state index in [2.05, 4.69) is 55.4 Å². The third-order valence-electron chi connectivity index (χ3n) is 3.98. The van der Waals surface area contributed by atoms with Gasteiger partial charge in [0.25, 0.3) is 0 Å². The molecule has 18 heavy (non-hydrogen) atoms. The minimum Gasteiger partial charge on any atom is -0.307 e. The van der Waals surface area contributed by atoms with Crippen LogP contribution < -0.4 is 5.32 Å².